The second-order valence-corrected chi connectivity index (χ2v) is 5.94. The maximum absolute atomic E-state index is 6.01. The van der Waals surface area contributed by atoms with Gasteiger partial charge in [0.25, 0.3) is 0 Å². The monoisotopic (exact) mass is 300 g/mol. The highest BCUT2D eigenvalue weighted by atomic mass is 35.5. The fourth-order valence-electron chi connectivity index (χ4n) is 2.74. The quantitative estimate of drug-likeness (QED) is 0.808. The minimum atomic E-state index is 0.628. The Kier molecular flexibility index (Phi) is 5.96. The van der Waals surface area contributed by atoms with Gasteiger partial charge in [0.2, 0.25) is 0 Å². The molecule has 0 spiro atoms. The van der Waals surface area contributed by atoms with Crippen molar-refractivity contribution in [1.82, 2.24) is 10.2 Å². The average molecular weight is 301 g/mol. The van der Waals surface area contributed by atoms with Crippen LogP contribution in [-0.2, 0) is 6.42 Å². The van der Waals surface area contributed by atoms with E-state index in [4.69, 9.17) is 23.2 Å². The largest absolute Gasteiger partial charge is 0.315 e. The molecule has 19 heavy (non-hydrogen) atoms. The summed E-state index contributed by atoms with van der Waals surface area (Å²) in [5.74, 6) is 0. The maximum atomic E-state index is 6.01. The van der Waals surface area contributed by atoms with Gasteiger partial charge in [-0.25, -0.2) is 0 Å². The number of likely N-dealkylation sites (N-methyl/N-ethyl adjacent to an activating group) is 1. The fourth-order valence-corrected chi connectivity index (χ4v) is 3.06. The van der Waals surface area contributed by atoms with E-state index in [1.165, 1.54) is 31.5 Å². The Morgan fingerprint density at radius 3 is 2.89 bits per heavy atom. The van der Waals surface area contributed by atoms with E-state index in [1.54, 1.807) is 0 Å². The summed E-state index contributed by atoms with van der Waals surface area (Å²) in [6, 6.07) is 6.59. The van der Waals surface area contributed by atoms with Crippen LogP contribution in [0.3, 0.4) is 0 Å². The molecule has 1 fully saturated rings. The molecule has 0 saturated carbocycles. The Hall–Kier alpha value is -0.280. The van der Waals surface area contributed by atoms with Crippen LogP contribution >= 0.6 is 23.2 Å². The van der Waals surface area contributed by atoms with Crippen LogP contribution in [0.4, 0.5) is 0 Å². The van der Waals surface area contributed by atoms with Crippen molar-refractivity contribution in [3.05, 3.63) is 33.8 Å². The average Bonchev–Trinajstić information content (AvgIpc) is 2.86. The van der Waals surface area contributed by atoms with Crippen LogP contribution in [0.5, 0.6) is 0 Å². The zero-order valence-electron chi connectivity index (χ0n) is 11.5. The van der Waals surface area contributed by atoms with Crippen LogP contribution in [0.1, 0.15) is 25.3 Å². The Labute approximate surface area is 126 Å². The molecule has 1 aromatic carbocycles. The lowest BCUT2D eigenvalue weighted by Gasteiger charge is -2.23. The molecule has 0 aliphatic carbocycles. The third kappa shape index (κ3) is 4.35. The van der Waals surface area contributed by atoms with Gasteiger partial charge in [-0.3, -0.25) is 4.90 Å². The van der Waals surface area contributed by atoms with Crippen LogP contribution in [-0.4, -0.2) is 37.1 Å². The van der Waals surface area contributed by atoms with E-state index in [0.717, 1.165) is 25.6 Å². The van der Waals surface area contributed by atoms with E-state index in [2.05, 4.69) is 17.1 Å². The van der Waals surface area contributed by atoms with Crippen molar-refractivity contribution in [3.63, 3.8) is 0 Å². The van der Waals surface area contributed by atoms with Crippen molar-refractivity contribution >= 4 is 23.2 Å². The first kappa shape index (κ1) is 15.1. The smallest absolute Gasteiger partial charge is 0.0595 e. The Bertz CT molecular complexity index is 409. The summed E-state index contributed by atoms with van der Waals surface area (Å²) in [7, 11) is 0. The van der Waals surface area contributed by atoms with Gasteiger partial charge in [0.15, 0.2) is 0 Å². The Morgan fingerprint density at radius 2 is 2.16 bits per heavy atom. The molecule has 106 valence electrons. The number of halogens is 2. The van der Waals surface area contributed by atoms with E-state index in [9.17, 15) is 0 Å². The molecule has 0 amide bonds. The van der Waals surface area contributed by atoms with Crippen molar-refractivity contribution in [1.29, 1.82) is 0 Å². The summed E-state index contributed by atoms with van der Waals surface area (Å²) < 4.78 is 0. The molecule has 1 aliphatic rings. The van der Waals surface area contributed by atoms with Gasteiger partial charge in [0.05, 0.1) is 10.0 Å². The van der Waals surface area contributed by atoms with Gasteiger partial charge in [-0.1, -0.05) is 36.2 Å². The Morgan fingerprint density at radius 1 is 1.32 bits per heavy atom. The molecule has 1 atom stereocenters. The number of nitrogens with zero attached hydrogens (tertiary/aromatic N) is 1. The predicted octanol–water partition coefficient (Wildman–Crippen LogP) is 3.61. The van der Waals surface area contributed by atoms with E-state index < -0.39 is 0 Å². The van der Waals surface area contributed by atoms with Gasteiger partial charge < -0.3 is 5.32 Å². The molecule has 1 heterocycles. The fraction of sp³-hybridized carbons (Fsp3) is 0.600. The lowest BCUT2D eigenvalue weighted by Crippen LogP contribution is -2.38. The molecular formula is C15H22Cl2N2. The topological polar surface area (TPSA) is 15.3 Å². The molecule has 2 nitrogen and oxygen atoms in total. The number of benzene rings is 1. The van der Waals surface area contributed by atoms with Gasteiger partial charge in [0, 0.05) is 12.6 Å². The maximum Gasteiger partial charge on any atom is 0.0595 e. The van der Waals surface area contributed by atoms with Crippen molar-refractivity contribution in [2.75, 3.05) is 26.2 Å². The van der Waals surface area contributed by atoms with Crippen molar-refractivity contribution in [3.8, 4) is 0 Å². The highest BCUT2D eigenvalue weighted by Crippen LogP contribution is 2.22. The van der Waals surface area contributed by atoms with Crippen molar-refractivity contribution in [2.24, 2.45) is 0 Å². The van der Waals surface area contributed by atoms with Crippen molar-refractivity contribution < 1.29 is 0 Å². The third-order valence-electron chi connectivity index (χ3n) is 3.86. The van der Waals surface area contributed by atoms with Crippen LogP contribution in [0.15, 0.2) is 18.2 Å². The third-order valence-corrected chi connectivity index (χ3v) is 4.60. The summed E-state index contributed by atoms with van der Waals surface area (Å²) in [6.45, 7) is 6.75. The molecule has 1 aliphatic heterocycles. The second kappa shape index (κ2) is 7.49. The molecule has 0 bridgehead atoms. The van der Waals surface area contributed by atoms with Crippen LogP contribution in [0.2, 0.25) is 10.0 Å². The molecule has 2 rings (SSSR count). The molecular weight excluding hydrogens is 279 g/mol. The minimum absolute atomic E-state index is 0.628. The minimum Gasteiger partial charge on any atom is -0.315 e. The molecule has 1 N–H and O–H groups in total. The first-order chi connectivity index (χ1) is 9.20. The van der Waals surface area contributed by atoms with E-state index in [1.807, 2.05) is 18.2 Å². The van der Waals surface area contributed by atoms with Gasteiger partial charge >= 0.3 is 0 Å². The lowest BCUT2D eigenvalue weighted by atomic mass is 10.1. The summed E-state index contributed by atoms with van der Waals surface area (Å²) in [6.07, 6.45) is 3.66. The van der Waals surface area contributed by atoms with Gasteiger partial charge in [-0.05, 0) is 56.6 Å². The molecule has 1 unspecified atom stereocenters. The highest BCUT2D eigenvalue weighted by Gasteiger charge is 2.21. The molecule has 1 saturated heterocycles. The van der Waals surface area contributed by atoms with Gasteiger partial charge in [-0.2, -0.15) is 0 Å². The first-order valence-electron chi connectivity index (χ1n) is 7.09. The van der Waals surface area contributed by atoms with Gasteiger partial charge in [0.1, 0.15) is 0 Å². The van der Waals surface area contributed by atoms with E-state index in [0.29, 0.717) is 10.0 Å². The SMILES string of the molecule is CCN1CCCC1CNCCc1ccc(Cl)c(Cl)c1. The number of hydrogen-bond donors (Lipinski definition) is 1. The second-order valence-electron chi connectivity index (χ2n) is 5.13. The zero-order chi connectivity index (χ0) is 13.7. The Balaban J connectivity index is 1.70. The normalized spacial score (nSPS) is 20.1. The number of hydrogen-bond acceptors (Lipinski definition) is 2. The summed E-state index contributed by atoms with van der Waals surface area (Å²) in [5.41, 5.74) is 1.24. The first-order valence-corrected chi connectivity index (χ1v) is 7.85. The van der Waals surface area contributed by atoms with E-state index in [-0.39, 0.29) is 0 Å². The summed E-state index contributed by atoms with van der Waals surface area (Å²) >= 11 is 11.9. The number of likely N-dealkylation sites (tertiary alicyclic amines) is 1. The van der Waals surface area contributed by atoms with Crippen LogP contribution in [0, 0.1) is 0 Å². The molecule has 1 aromatic rings. The summed E-state index contributed by atoms with van der Waals surface area (Å²) in [5, 5.41) is 4.83. The molecule has 4 heteroatoms. The zero-order valence-corrected chi connectivity index (χ0v) is 13.0. The highest BCUT2D eigenvalue weighted by molar-refractivity contribution is 6.42. The lowest BCUT2D eigenvalue weighted by molar-refractivity contribution is 0.260. The molecule has 0 radical (unpaired) electrons. The standard InChI is InChI=1S/C15H22Cl2N2/c1-2-19-9-3-4-13(19)11-18-8-7-12-5-6-14(16)15(17)10-12/h5-6,10,13,18H,2-4,7-9,11H2,1H3. The summed E-state index contributed by atoms with van der Waals surface area (Å²) in [4.78, 5) is 2.56. The number of rotatable bonds is 6. The number of nitrogens with one attached hydrogen (secondary N) is 1. The van der Waals surface area contributed by atoms with E-state index >= 15 is 0 Å². The van der Waals surface area contributed by atoms with Crippen LogP contribution in [0.25, 0.3) is 0 Å². The predicted molar refractivity (Wildman–Crippen MR) is 83.3 cm³/mol. The molecule has 0 aromatic heterocycles. The van der Waals surface area contributed by atoms with Crippen LogP contribution < -0.4 is 5.32 Å². The van der Waals surface area contributed by atoms with Gasteiger partial charge in [-0.15, -0.1) is 0 Å². The van der Waals surface area contributed by atoms with Crippen molar-refractivity contribution in [2.45, 2.75) is 32.2 Å².